The second-order valence-corrected chi connectivity index (χ2v) is 4.38. The lowest BCUT2D eigenvalue weighted by molar-refractivity contribution is 0.104. The number of nitrogens with zero attached hydrogens (tertiary/aromatic N) is 1. The number of thiophene rings is 1. The zero-order valence-electron chi connectivity index (χ0n) is 8.31. The number of hydrogen-bond donors (Lipinski definition) is 1. The Kier molecular flexibility index (Phi) is 2.08. The molecule has 78 valence electrons. The van der Waals surface area contributed by atoms with E-state index in [4.69, 9.17) is 0 Å². The van der Waals surface area contributed by atoms with Crippen molar-refractivity contribution in [3.8, 4) is 0 Å². The van der Waals surface area contributed by atoms with E-state index in [0.717, 1.165) is 15.8 Å². The largest absolute Gasteiger partial charge is 0.360 e. The van der Waals surface area contributed by atoms with Crippen LogP contribution in [0.25, 0.3) is 10.9 Å². The van der Waals surface area contributed by atoms with Crippen LogP contribution in [0.15, 0.2) is 42.2 Å². The minimum atomic E-state index is 0.0502. The molecule has 0 aliphatic carbocycles. The molecule has 0 radical (unpaired) electrons. The molecule has 0 aliphatic rings. The Hall–Kier alpha value is -1.94. The lowest BCUT2D eigenvalue weighted by Crippen LogP contribution is -1.96. The minimum absolute atomic E-state index is 0.0502. The van der Waals surface area contributed by atoms with Gasteiger partial charge >= 0.3 is 0 Å². The number of nitrogens with one attached hydrogen (secondary N) is 1. The number of aromatic amines is 1. The second-order valence-electron chi connectivity index (χ2n) is 3.43. The fourth-order valence-corrected chi connectivity index (χ4v) is 2.37. The average molecular weight is 228 g/mol. The van der Waals surface area contributed by atoms with Gasteiger partial charge in [-0.3, -0.25) is 9.78 Å². The Morgan fingerprint density at radius 1 is 1.38 bits per heavy atom. The summed E-state index contributed by atoms with van der Waals surface area (Å²) in [6.45, 7) is 0. The third-order valence-electron chi connectivity index (χ3n) is 2.47. The van der Waals surface area contributed by atoms with Gasteiger partial charge in [-0.15, -0.1) is 11.3 Å². The highest BCUT2D eigenvalue weighted by molar-refractivity contribution is 7.12. The third-order valence-corrected chi connectivity index (χ3v) is 3.34. The van der Waals surface area contributed by atoms with Crippen molar-refractivity contribution in [3.63, 3.8) is 0 Å². The van der Waals surface area contributed by atoms with Crippen LogP contribution in [-0.4, -0.2) is 15.8 Å². The third kappa shape index (κ3) is 1.35. The van der Waals surface area contributed by atoms with Crippen LogP contribution in [0.3, 0.4) is 0 Å². The van der Waals surface area contributed by atoms with Gasteiger partial charge in [0, 0.05) is 29.5 Å². The van der Waals surface area contributed by atoms with Crippen molar-refractivity contribution >= 4 is 28.0 Å². The molecule has 16 heavy (non-hydrogen) atoms. The first kappa shape index (κ1) is 9.30. The van der Waals surface area contributed by atoms with Gasteiger partial charge in [0.2, 0.25) is 5.78 Å². The summed E-state index contributed by atoms with van der Waals surface area (Å²) in [5.74, 6) is 0.0502. The maximum Gasteiger partial charge on any atom is 0.205 e. The first-order valence-corrected chi connectivity index (χ1v) is 5.73. The van der Waals surface area contributed by atoms with E-state index in [1.54, 1.807) is 18.6 Å². The van der Waals surface area contributed by atoms with Crippen LogP contribution in [0.1, 0.15) is 15.2 Å². The van der Waals surface area contributed by atoms with Crippen LogP contribution in [-0.2, 0) is 0 Å². The Labute approximate surface area is 95.8 Å². The number of carbonyl (C=O) groups is 1. The van der Waals surface area contributed by atoms with Crippen LogP contribution in [0.5, 0.6) is 0 Å². The number of hydrogen-bond acceptors (Lipinski definition) is 3. The van der Waals surface area contributed by atoms with Crippen molar-refractivity contribution in [2.45, 2.75) is 0 Å². The van der Waals surface area contributed by atoms with Crippen molar-refractivity contribution in [2.24, 2.45) is 0 Å². The van der Waals surface area contributed by atoms with E-state index in [0.29, 0.717) is 5.56 Å². The van der Waals surface area contributed by atoms with Gasteiger partial charge in [0.05, 0.1) is 10.4 Å². The van der Waals surface area contributed by atoms with Gasteiger partial charge in [0.15, 0.2) is 0 Å². The summed E-state index contributed by atoms with van der Waals surface area (Å²) < 4.78 is 0. The van der Waals surface area contributed by atoms with Crippen LogP contribution in [0, 0.1) is 0 Å². The molecule has 0 aliphatic heterocycles. The molecule has 0 fully saturated rings. The highest BCUT2D eigenvalue weighted by Gasteiger charge is 2.14. The highest BCUT2D eigenvalue weighted by Crippen LogP contribution is 2.21. The first-order chi connectivity index (χ1) is 7.86. The van der Waals surface area contributed by atoms with Crippen molar-refractivity contribution in [1.82, 2.24) is 9.97 Å². The van der Waals surface area contributed by atoms with E-state index in [-0.39, 0.29) is 5.78 Å². The topological polar surface area (TPSA) is 45.8 Å². The van der Waals surface area contributed by atoms with E-state index in [9.17, 15) is 4.79 Å². The molecule has 3 nitrogen and oxygen atoms in total. The number of fused-ring (bicyclic) bond motifs is 1. The smallest absolute Gasteiger partial charge is 0.205 e. The molecule has 0 saturated carbocycles. The van der Waals surface area contributed by atoms with E-state index in [1.807, 2.05) is 23.6 Å². The molecule has 0 saturated heterocycles. The normalized spacial score (nSPS) is 10.8. The average Bonchev–Trinajstić information content (AvgIpc) is 2.98. The molecule has 3 aromatic heterocycles. The second kappa shape index (κ2) is 3.57. The number of H-pyrrole nitrogens is 1. The molecule has 1 N–H and O–H groups in total. The summed E-state index contributed by atoms with van der Waals surface area (Å²) in [6, 6.07) is 5.58. The maximum atomic E-state index is 12.1. The van der Waals surface area contributed by atoms with Crippen LogP contribution in [0.2, 0.25) is 0 Å². The molecule has 0 amide bonds. The van der Waals surface area contributed by atoms with Crippen molar-refractivity contribution in [3.05, 3.63) is 52.6 Å². The quantitative estimate of drug-likeness (QED) is 0.685. The number of carbonyl (C=O) groups excluding carboxylic acids is 1. The van der Waals surface area contributed by atoms with Crippen LogP contribution < -0.4 is 0 Å². The van der Waals surface area contributed by atoms with Gasteiger partial charge < -0.3 is 4.98 Å². The monoisotopic (exact) mass is 228 g/mol. The molecule has 4 heteroatoms. The van der Waals surface area contributed by atoms with Gasteiger partial charge in [-0.1, -0.05) is 6.07 Å². The van der Waals surface area contributed by atoms with Crippen LogP contribution in [0.4, 0.5) is 0 Å². The fraction of sp³-hybridized carbons (Fsp3) is 0. The molecule has 0 atom stereocenters. The zero-order valence-corrected chi connectivity index (χ0v) is 9.12. The Morgan fingerprint density at radius 3 is 3.12 bits per heavy atom. The van der Waals surface area contributed by atoms with E-state index in [1.165, 1.54) is 11.3 Å². The lowest BCUT2D eigenvalue weighted by atomic mass is 10.1. The molecule has 0 spiro atoms. The van der Waals surface area contributed by atoms with Crippen molar-refractivity contribution in [1.29, 1.82) is 0 Å². The lowest BCUT2D eigenvalue weighted by Gasteiger charge is -1.94. The summed E-state index contributed by atoms with van der Waals surface area (Å²) in [7, 11) is 0. The number of aromatic nitrogens is 2. The van der Waals surface area contributed by atoms with Gasteiger partial charge in [0.25, 0.3) is 0 Å². The predicted molar refractivity (Wildman–Crippen MR) is 63.8 cm³/mol. The Bertz CT molecular complexity index is 640. The van der Waals surface area contributed by atoms with E-state index < -0.39 is 0 Å². The number of rotatable bonds is 2. The Balaban J connectivity index is 2.16. The van der Waals surface area contributed by atoms with E-state index >= 15 is 0 Å². The van der Waals surface area contributed by atoms with Gasteiger partial charge in [-0.25, -0.2) is 0 Å². The summed E-state index contributed by atoms with van der Waals surface area (Å²) in [5.41, 5.74) is 1.63. The zero-order chi connectivity index (χ0) is 11.0. The minimum Gasteiger partial charge on any atom is -0.360 e. The fourth-order valence-electron chi connectivity index (χ4n) is 1.69. The molecule has 0 aromatic carbocycles. The number of pyridine rings is 1. The summed E-state index contributed by atoms with van der Waals surface area (Å²) in [6.07, 6.45) is 5.17. The van der Waals surface area contributed by atoms with Gasteiger partial charge in [-0.05, 0) is 17.5 Å². The molecule has 0 unspecified atom stereocenters. The van der Waals surface area contributed by atoms with Gasteiger partial charge in [-0.2, -0.15) is 0 Å². The summed E-state index contributed by atoms with van der Waals surface area (Å²) in [5, 5.41) is 2.78. The van der Waals surface area contributed by atoms with E-state index in [2.05, 4.69) is 9.97 Å². The molecule has 0 bridgehead atoms. The van der Waals surface area contributed by atoms with Crippen molar-refractivity contribution < 1.29 is 4.79 Å². The molecule has 3 heterocycles. The molecular weight excluding hydrogens is 220 g/mol. The first-order valence-electron chi connectivity index (χ1n) is 4.85. The SMILES string of the molecule is O=C(c1cccs1)c1c[nH]c2ccncc12. The summed E-state index contributed by atoms with van der Waals surface area (Å²) >= 11 is 1.45. The predicted octanol–water partition coefficient (Wildman–Crippen LogP) is 2.86. The maximum absolute atomic E-state index is 12.1. The summed E-state index contributed by atoms with van der Waals surface area (Å²) in [4.78, 5) is 20.0. The standard InChI is InChI=1S/C12H8N2OS/c15-12(11-2-1-5-16-11)9-7-14-10-3-4-13-6-8(9)10/h1-7,14H. The van der Waals surface area contributed by atoms with Crippen molar-refractivity contribution in [2.75, 3.05) is 0 Å². The molecule has 3 rings (SSSR count). The molecule has 3 aromatic rings. The highest BCUT2D eigenvalue weighted by atomic mass is 32.1. The Morgan fingerprint density at radius 2 is 2.31 bits per heavy atom. The van der Waals surface area contributed by atoms with Gasteiger partial charge in [0.1, 0.15) is 0 Å². The number of ketones is 1. The molecular formula is C12H8N2OS. The van der Waals surface area contributed by atoms with Crippen LogP contribution >= 0.6 is 11.3 Å².